The summed E-state index contributed by atoms with van der Waals surface area (Å²) in [6, 6.07) is 0. The number of rotatable bonds is 2. The van der Waals surface area contributed by atoms with E-state index < -0.39 is 5.83 Å². The Morgan fingerprint density at radius 3 is 3.00 bits per heavy atom. The van der Waals surface area contributed by atoms with Crippen molar-refractivity contribution in [2.75, 3.05) is 0 Å². The van der Waals surface area contributed by atoms with Gasteiger partial charge in [0.15, 0.2) is 0 Å². The molecule has 0 saturated carbocycles. The summed E-state index contributed by atoms with van der Waals surface area (Å²) >= 11 is 0. The molecule has 1 rings (SSSR count). The molecule has 0 spiro atoms. The SMILES string of the molecule is C=C(F)Cn1ncnc1C. The van der Waals surface area contributed by atoms with E-state index in [2.05, 4.69) is 16.7 Å². The highest BCUT2D eigenvalue weighted by molar-refractivity contribution is 4.86. The van der Waals surface area contributed by atoms with Crippen molar-refractivity contribution in [1.82, 2.24) is 14.8 Å². The van der Waals surface area contributed by atoms with Crippen LogP contribution in [0.1, 0.15) is 5.82 Å². The molecule has 0 fully saturated rings. The first-order chi connectivity index (χ1) is 4.70. The number of hydrogen-bond acceptors (Lipinski definition) is 2. The number of hydrogen-bond donors (Lipinski definition) is 0. The maximum atomic E-state index is 12.2. The molecule has 1 aromatic rings. The van der Waals surface area contributed by atoms with Crippen LogP contribution in [0.2, 0.25) is 0 Å². The second kappa shape index (κ2) is 2.60. The van der Waals surface area contributed by atoms with Crippen LogP contribution < -0.4 is 0 Å². The molecule has 10 heavy (non-hydrogen) atoms. The van der Waals surface area contributed by atoms with E-state index in [0.29, 0.717) is 5.82 Å². The van der Waals surface area contributed by atoms with E-state index in [0.717, 1.165) is 0 Å². The van der Waals surface area contributed by atoms with Crippen LogP contribution in [0.25, 0.3) is 0 Å². The second-order valence-corrected chi connectivity index (χ2v) is 1.98. The molecular formula is C6H8FN3. The van der Waals surface area contributed by atoms with Gasteiger partial charge in [-0.05, 0) is 6.92 Å². The zero-order chi connectivity index (χ0) is 7.56. The molecule has 0 unspecified atom stereocenters. The van der Waals surface area contributed by atoms with Crippen LogP contribution >= 0.6 is 0 Å². The minimum atomic E-state index is -0.409. The third-order valence-electron chi connectivity index (χ3n) is 1.13. The number of aryl methyl sites for hydroxylation is 1. The fourth-order valence-corrected chi connectivity index (χ4v) is 0.640. The van der Waals surface area contributed by atoms with Crippen LogP contribution in [-0.4, -0.2) is 14.8 Å². The molecular weight excluding hydrogens is 133 g/mol. The molecule has 0 amide bonds. The minimum Gasteiger partial charge on any atom is -0.244 e. The predicted octanol–water partition coefficient (Wildman–Crippen LogP) is 1.07. The molecule has 0 aliphatic heterocycles. The number of aromatic nitrogens is 3. The summed E-state index contributed by atoms with van der Waals surface area (Å²) in [5.74, 6) is 0.285. The fraction of sp³-hybridized carbons (Fsp3) is 0.333. The van der Waals surface area contributed by atoms with Gasteiger partial charge < -0.3 is 0 Å². The van der Waals surface area contributed by atoms with Gasteiger partial charge in [0.05, 0.1) is 6.54 Å². The number of allylic oxidation sites excluding steroid dienone is 1. The number of halogens is 1. The summed E-state index contributed by atoms with van der Waals surface area (Å²) in [7, 11) is 0. The third kappa shape index (κ3) is 1.40. The van der Waals surface area contributed by atoms with E-state index in [4.69, 9.17) is 0 Å². The molecule has 1 aromatic heterocycles. The lowest BCUT2D eigenvalue weighted by Gasteiger charge is -1.97. The van der Waals surface area contributed by atoms with E-state index >= 15 is 0 Å². The van der Waals surface area contributed by atoms with Crippen LogP contribution in [0.4, 0.5) is 4.39 Å². The molecule has 4 heteroatoms. The highest BCUT2D eigenvalue weighted by atomic mass is 19.1. The van der Waals surface area contributed by atoms with Gasteiger partial charge in [0.1, 0.15) is 18.0 Å². The zero-order valence-electron chi connectivity index (χ0n) is 5.71. The largest absolute Gasteiger partial charge is 0.244 e. The van der Waals surface area contributed by atoms with Crippen molar-refractivity contribution < 1.29 is 4.39 Å². The first-order valence-electron chi connectivity index (χ1n) is 2.88. The summed E-state index contributed by atoms with van der Waals surface area (Å²) in [6.07, 6.45) is 1.39. The first kappa shape index (κ1) is 6.92. The van der Waals surface area contributed by atoms with Gasteiger partial charge in [0, 0.05) is 0 Å². The van der Waals surface area contributed by atoms with Crippen molar-refractivity contribution in [1.29, 1.82) is 0 Å². The monoisotopic (exact) mass is 141 g/mol. The smallest absolute Gasteiger partial charge is 0.138 e. The van der Waals surface area contributed by atoms with Gasteiger partial charge in [-0.1, -0.05) is 6.58 Å². The van der Waals surface area contributed by atoms with Gasteiger partial charge in [-0.2, -0.15) is 5.10 Å². The average Bonchev–Trinajstić information content (AvgIpc) is 2.15. The summed E-state index contributed by atoms with van der Waals surface area (Å²) in [6.45, 7) is 4.98. The molecule has 0 saturated heterocycles. The lowest BCUT2D eigenvalue weighted by molar-refractivity contribution is 0.523. The van der Waals surface area contributed by atoms with Crippen LogP contribution in [0.15, 0.2) is 18.7 Å². The van der Waals surface area contributed by atoms with Crippen LogP contribution in [0, 0.1) is 6.92 Å². The average molecular weight is 141 g/mol. The van der Waals surface area contributed by atoms with Crippen LogP contribution in [-0.2, 0) is 6.54 Å². The standard InChI is InChI=1S/C6H8FN3/c1-5(7)3-10-6(2)8-4-9-10/h4H,1,3H2,2H3. The normalized spacial score (nSPS) is 9.80. The Labute approximate surface area is 58.2 Å². The summed E-state index contributed by atoms with van der Waals surface area (Å²) < 4.78 is 13.6. The van der Waals surface area contributed by atoms with Crippen LogP contribution in [0.5, 0.6) is 0 Å². The maximum Gasteiger partial charge on any atom is 0.138 e. The van der Waals surface area contributed by atoms with Crippen molar-refractivity contribution >= 4 is 0 Å². The molecule has 54 valence electrons. The molecule has 0 bridgehead atoms. The first-order valence-corrected chi connectivity index (χ1v) is 2.88. The second-order valence-electron chi connectivity index (χ2n) is 1.98. The quantitative estimate of drug-likeness (QED) is 0.616. The van der Waals surface area contributed by atoms with E-state index in [9.17, 15) is 4.39 Å². The van der Waals surface area contributed by atoms with Crippen molar-refractivity contribution in [3.8, 4) is 0 Å². The van der Waals surface area contributed by atoms with E-state index in [1.54, 1.807) is 6.92 Å². The van der Waals surface area contributed by atoms with Gasteiger partial charge >= 0.3 is 0 Å². The maximum absolute atomic E-state index is 12.2. The van der Waals surface area contributed by atoms with Gasteiger partial charge in [-0.3, -0.25) is 0 Å². The van der Waals surface area contributed by atoms with Gasteiger partial charge in [0.2, 0.25) is 0 Å². The Kier molecular flexibility index (Phi) is 1.80. The van der Waals surface area contributed by atoms with Crippen molar-refractivity contribution in [3.63, 3.8) is 0 Å². The molecule has 0 aromatic carbocycles. The van der Waals surface area contributed by atoms with Gasteiger partial charge in [-0.25, -0.2) is 14.1 Å². The molecule has 3 nitrogen and oxygen atoms in total. The van der Waals surface area contributed by atoms with Crippen LogP contribution in [0.3, 0.4) is 0 Å². The molecule has 0 N–H and O–H groups in total. The molecule has 0 aliphatic rings. The molecule has 0 radical (unpaired) electrons. The fourth-order valence-electron chi connectivity index (χ4n) is 0.640. The summed E-state index contributed by atoms with van der Waals surface area (Å²) in [5.41, 5.74) is 0. The van der Waals surface area contributed by atoms with Gasteiger partial charge in [0.25, 0.3) is 0 Å². The Bertz CT molecular complexity index is 241. The topological polar surface area (TPSA) is 30.7 Å². The van der Waals surface area contributed by atoms with E-state index in [-0.39, 0.29) is 6.54 Å². The lowest BCUT2D eigenvalue weighted by Crippen LogP contribution is -2.02. The van der Waals surface area contributed by atoms with Crippen molar-refractivity contribution in [2.24, 2.45) is 0 Å². The Hall–Kier alpha value is -1.19. The Balaban J connectivity index is 2.74. The Morgan fingerprint density at radius 1 is 1.90 bits per heavy atom. The molecule has 1 heterocycles. The van der Waals surface area contributed by atoms with Crippen molar-refractivity contribution in [3.05, 3.63) is 24.6 Å². The van der Waals surface area contributed by atoms with E-state index in [1.165, 1.54) is 11.0 Å². The van der Waals surface area contributed by atoms with Crippen molar-refractivity contribution in [2.45, 2.75) is 13.5 Å². The van der Waals surface area contributed by atoms with Gasteiger partial charge in [-0.15, -0.1) is 0 Å². The minimum absolute atomic E-state index is 0.103. The summed E-state index contributed by atoms with van der Waals surface area (Å²) in [5, 5.41) is 3.76. The zero-order valence-corrected chi connectivity index (χ0v) is 5.71. The molecule has 0 aliphatic carbocycles. The van der Waals surface area contributed by atoms with E-state index in [1.807, 2.05) is 0 Å². The molecule has 0 atom stereocenters. The number of nitrogens with zero attached hydrogens (tertiary/aromatic N) is 3. The highest BCUT2D eigenvalue weighted by Gasteiger charge is 1.98. The lowest BCUT2D eigenvalue weighted by atomic mass is 10.5. The Morgan fingerprint density at radius 2 is 2.60 bits per heavy atom. The highest BCUT2D eigenvalue weighted by Crippen LogP contribution is 1.98. The third-order valence-corrected chi connectivity index (χ3v) is 1.13. The predicted molar refractivity (Wildman–Crippen MR) is 35.0 cm³/mol. The summed E-state index contributed by atoms with van der Waals surface area (Å²) in [4.78, 5) is 3.81.